The Labute approximate surface area is 64.6 Å². The number of aliphatic carboxylic acids is 1. The molecule has 0 fully saturated rings. The van der Waals surface area contributed by atoms with Crippen LogP contribution in [0.25, 0.3) is 0 Å². The van der Waals surface area contributed by atoms with Crippen LogP contribution >= 0.6 is 0 Å². The lowest BCUT2D eigenvalue weighted by molar-refractivity contribution is -0.137. The van der Waals surface area contributed by atoms with Crippen molar-refractivity contribution in [3.8, 4) is 0 Å². The predicted molar refractivity (Wildman–Crippen MR) is 38.9 cm³/mol. The van der Waals surface area contributed by atoms with E-state index in [0.717, 1.165) is 0 Å². The largest absolute Gasteiger partial charge is 0.481 e. The highest BCUT2D eigenvalue weighted by atomic mass is 16.4. The molecule has 0 aromatic rings. The van der Waals surface area contributed by atoms with Gasteiger partial charge in [-0.1, -0.05) is 0 Å². The van der Waals surface area contributed by atoms with Gasteiger partial charge in [0.05, 0.1) is 6.42 Å². The lowest BCUT2D eigenvalue weighted by atomic mass is 10.1. The number of nitrogens with two attached hydrogens (primary N) is 1. The van der Waals surface area contributed by atoms with Crippen molar-refractivity contribution in [2.24, 2.45) is 5.73 Å². The number of carboxylic acids is 1. The SMILES string of the molecule is CN[C@H](CC(N)=O)CC(=O)O. The minimum atomic E-state index is -0.939. The molecule has 1 amide bonds. The zero-order chi connectivity index (χ0) is 8.85. The second-order valence-corrected chi connectivity index (χ2v) is 2.25. The van der Waals surface area contributed by atoms with E-state index in [2.05, 4.69) is 5.32 Å². The fraction of sp³-hybridized carbons (Fsp3) is 0.667. The van der Waals surface area contributed by atoms with Gasteiger partial charge >= 0.3 is 5.97 Å². The number of amides is 1. The van der Waals surface area contributed by atoms with Crippen LogP contribution in [0.1, 0.15) is 12.8 Å². The average molecular weight is 160 g/mol. The van der Waals surface area contributed by atoms with Gasteiger partial charge in [0.2, 0.25) is 5.91 Å². The first kappa shape index (κ1) is 9.90. The Morgan fingerprint density at radius 2 is 2.09 bits per heavy atom. The summed E-state index contributed by atoms with van der Waals surface area (Å²) >= 11 is 0. The van der Waals surface area contributed by atoms with Gasteiger partial charge in [-0.05, 0) is 7.05 Å². The van der Waals surface area contributed by atoms with Gasteiger partial charge in [-0.15, -0.1) is 0 Å². The first-order valence-corrected chi connectivity index (χ1v) is 3.23. The van der Waals surface area contributed by atoms with Crippen molar-refractivity contribution in [1.29, 1.82) is 0 Å². The van der Waals surface area contributed by atoms with Crippen molar-refractivity contribution in [3.05, 3.63) is 0 Å². The van der Waals surface area contributed by atoms with E-state index in [1.54, 1.807) is 7.05 Å². The van der Waals surface area contributed by atoms with Crippen LogP contribution in [0.4, 0.5) is 0 Å². The minimum Gasteiger partial charge on any atom is -0.481 e. The third-order valence-corrected chi connectivity index (χ3v) is 1.28. The second-order valence-electron chi connectivity index (χ2n) is 2.25. The summed E-state index contributed by atoms with van der Waals surface area (Å²) in [5.41, 5.74) is 4.87. The van der Waals surface area contributed by atoms with Crippen molar-refractivity contribution >= 4 is 11.9 Å². The molecule has 0 heterocycles. The van der Waals surface area contributed by atoms with Gasteiger partial charge in [-0.3, -0.25) is 9.59 Å². The Bertz CT molecular complexity index is 142. The van der Waals surface area contributed by atoms with Gasteiger partial charge in [0.1, 0.15) is 0 Å². The molecule has 0 saturated carbocycles. The molecule has 0 unspecified atom stereocenters. The van der Waals surface area contributed by atoms with E-state index in [1.165, 1.54) is 0 Å². The molecule has 1 atom stereocenters. The minimum absolute atomic E-state index is 0.0583. The second kappa shape index (κ2) is 4.68. The molecule has 0 bridgehead atoms. The standard InChI is InChI=1S/C6H12N2O3/c1-8-4(2-5(7)9)3-6(10)11/h4,8H,2-3H2,1H3,(H2,7,9)(H,10,11)/t4-/m1/s1. The maximum absolute atomic E-state index is 10.3. The van der Waals surface area contributed by atoms with Crippen molar-refractivity contribution in [2.75, 3.05) is 7.05 Å². The maximum Gasteiger partial charge on any atom is 0.304 e. The zero-order valence-electron chi connectivity index (χ0n) is 6.33. The van der Waals surface area contributed by atoms with Crippen LogP contribution in [0.2, 0.25) is 0 Å². The smallest absolute Gasteiger partial charge is 0.304 e. The number of hydrogen-bond acceptors (Lipinski definition) is 3. The van der Waals surface area contributed by atoms with Crippen LogP contribution < -0.4 is 11.1 Å². The third kappa shape index (κ3) is 5.35. The normalized spacial score (nSPS) is 12.5. The van der Waals surface area contributed by atoms with Crippen molar-refractivity contribution in [3.63, 3.8) is 0 Å². The van der Waals surface area contributed by atoms with E-state index in [9.17, 15) is 9.59 Å². The summed E-state index contributed by atoms with van der Waals surface area (Å²) in [6, 6.07) is -0.356. The molecule has 0 aliphatic carbocycles. The van der Waals surface area contributed by atoms with Crippen molar-refractivity contribution in [2.45, 2.75) is 18.9 Å². The van der Waals surface area contributed by atoms with Gasteiger partial charge in [0.15, 0.2) is 0 Å². The number of nitrogens with one attached hydrogen (secondary N) is 1. The molecule has 0 aromatic heterocycles. The Morgan fingerprint density at radius 3 is 2.36 bits per heavy atom. The summed E-state index contributed by atoms with van der Waals surface area (Å²) < 4.78 is 0. The zero-order valence-corrected chi connectivity index (χ0v) is 6.33. The molecule has 0 saturated heterocycles. The molecule has 4 N–H and O–H groups in total. The van der Waals surface area contributed by atoms with Gasteiger partial charge < -0.3 is 16.2 Å². The monoisotopic (exact) mass is 160 g/mol. The first-order chi connectivity index (χ1) is 5.06. The fourth-order valence-corrected chi connectivity index (χ4v) is 0.730. The Morgan fingerprint density at radius 1 is 1.55 bits per heavy atom. The van der Waals surface area contributed by atoms with Crippen LogP contribution in [-0.2, 0) is 9.59 Å². The lowest BCUT2D eigenvalue weighted by Gasteiger charge is -2.10. The predicted octanol–water partition coefficient (Wildman–Crippen LogP) is -1.08. The van der Waals surface area contributed by atoms with Gasteiger partial charge in [0, 0.05) is 12.5 Å². The van der Waals surface area contributed by atoms with E-state index in [0.29, 0.717) is 0 Å². The average Bonchev–Trinajstić information content (AvgIpc) is 1.84. The summed E-state index contributed by atoms with van der Waals surface area (Å²) in [7, 11) is 1.59. The Kier molecular flexibility index (Phi) is 4.21. The molecular formula is C6H12N2O3. The summed E-state index contributed by atoms with van der Waals surface area (Å²) in [6.07, 6.45) is -0.0256. The molecule has 0 radical (unpaired) electrons. The van der Waals surface area contributed by atoms with Gasteiger partial charge in [0.25, 0.3) is 0 Å². The quantitative estimate of drug-likeness (QED) is 0.477. The molecule has 0 rings (SSSR count). The molecule has 0 aliphatic heterocycles. The van der Waals surface area contributed by atoms with E-state index >= 15 is 0 Å². The number of rotatable bonds is 5. The summed E-state index contributed by atoms with van der Waals surface area (Å²) in [5, 5.41) is 11.0. The number of carbonyl (C=O) groups is 2. The Hall–Kier alpha value is -1.10. The van der Waals surface area contributed by atoms with Crippen molar-refractivity contribution in [1.82, 2.24) is 5.32 Å². The van der Waals surface area contributed by atoms with E-state index in [4.69, 9.17) is 10.8 Å². The van der Waals surface area contributed by atoms with Crippen LogP contribution in [0.5, 0.6) is 0 Å². The van der Waals surface area contributed by atoms with Gasteiger partial charge in [-0.2, -0.15) is 0 Å². The third-order valence-electron chi connectivity index (χ3n) is 1.28. The molecule has 64 valence electrons. The molecule has 5 heteroatoms. The van der Waals surface area contributed by atoms with Crippen molar-refractivity contribution < 1.29 is 14.7 Å². The van der Waals surface area contributed by atoms with Gasteiger partial charge in [-0.25, -0.2) is 0 Å². The topological polar surface area (TPSA) is 92.4 Å². The number of primary amides is 1. The fourth-order valence-electron chi connectivity index (χ4n) is 0.730. The lowest BCUT2D eigenvalue weighted by Crippen LogP contribution is -2.32. The molecule has 0 spiro atoms. The molecule has 0 aromatic carbocycles. The van der Waals surface area contributed by atoms with Crippen LogP contribution in [0.3, 0.4) is 0 Å². The van der Waals surface area contributed by atoms with Crippen LogP contribution in [0.15, 0.2) is 0 Å². The van der Waals surface area contributed by atoms with E-state index in [-0.39, 0.29) is 18.9 Å². The van der Waals surface area contributed by atoms with Crippen LogP contribution in [0, 0.1) is 0 Å². The highest BCUT2D eigenvalue weighted by Gasteiger charge is 2.12. The highest BCUT2D eigenvalue weighted by Crippen LogP contribution is 1.95. The first-order valence-electron chi connectivity index (χ1n) is 3.23. The molecule has 5 nitrogen and oxygen atoms in total. The molecule has 0 aliphatic rings. The van der Waals surface area contributed by atoms with E-state index < -0.39 is 11.9 Å². The highest BCUT2D eigenvalue weighted by molar-refractivity contribution is 5.76. The summed E-state index contributed by atoms with van der Waals surface area (Å²) in [5.74, 6) is -1.43. The molecule has 11 heavy (non-hydrogen) atoms. The summed E-state index contributed by atoms with van der Waals surface area (Å²) in [4.78, 5) is 20.5. The number of hydrogen-bond donors (Lipinski definition) is 3. The number of carbonyl (C=O) groups excluding carboxylic acids is 1. The summed E-state index contributed by atoms with van der Waals surface area (Å²) in [6.45, 7) is 0. The number of carboxylic acid groups (broad SMARTS) is 1. The maximum atomic E-state index is 10.3. The Balaban J connectivity index is 3.76. The molecular weight excluding hydrogens is 148 g/mol. The van der Waals surface area contributed by atoms with E-state index in [1.807, 2.05) is 0 Å². The van der Waals surface area contributed by atoms with Crippen LogP contribution in [-0.4, -0.2) is 30.1 Å².